The Hall–Kier alpha value is -3.20. The summed E-state index contributed by atoms with van der Waals surface area (Å²) in [6, 6.07) is 12.9. The Morgan fingerprint density at radius 3 is 2.88 bits per heavy atom. The lowest BCUT2D eigenvalue weighted by atomic mass is 9.73. The molecule has 1 aromatic carbocycles. The van der Waals surface area contributed by atoms with Crippen molar-refractivity contribution in [3.05, 3.63) is 89.7 Å². The van der Waals surface area contributed by atoms with Crippen molar-refractivity contribution in [1.29, 1.82) is 0 Å². The Bertz CT molecular complexity index is 1210. The van der Waals surface area contributed by atoms with Gasteiger partial charge >= 0.3 is 0 Å². The molecule has 3 nitrogen and oxygen atoms in total. The van der Waals surface area contributed by atoms with Gasteiger partial charge < -0.3 is 0 Å². The summed E-state index contributed by atoms with van der Waals surface area (Å²) in [4.78, 5) is 9.06. The first-order chi connectivity index (χ1) is 12.4. The lowest BCUT2D eigenvalue weighted by molar-refractivity contribution is 0.644. The molecule has 3 aromatic heterocycles. The number of allylic oxidation sites excluding steroid dienone is 2. The predicted molar refractivity (Wildman–Crippen MR) is 100 cm³/mol. The molecule has 0 radical (unpaired) electrons. The fraction of sp³-hybridized carbons (Fsp3) is 0.0909. The maximum atomic E-state index is 4.63. The molecule has 0 bridgehead atoms. The first kappa shape index (κ1) is 13.1. The molecule has 4 aromatic rings. The van der Waals surface area contributed by atoms with Crippen LogP contribution >= 0.6 is 0 Å². The van der Waals surface area contributed by atoms with Gasteiger partial charge in [0.25, 0.3) is 0 Å². The summed E-state index contributed by atoms with van der Waals surface area (Å²) in [5, 5.41) is 1.20. The zero-order valence-corrected chi connectivity index (χ0v) is 13.5. The van der Waals surface area contributed by atoms with Crippen molar-refractivity contribution < 1.29 is 0 Å². The zero-order valence-electron chi connectivity index (χ0n) is 13.5. The summed E-state index contributed by atoms with van der Waals surface area (Å²) < 4.78 is 2.24. The van der Waals surface area contributed by atoms with Crippen molar-refractivity contribution in [3.8, 4) is 0 Å². The third-order valence-corrected chi connectivity index (χ3v) is 5.51. The Morgan fingerprint density at radius 2 is 1.88 bits per heavy atom. The molecule has 2 aliphatic carbocycles. The average Bonchev–Trinajstić information content (AvgIpc) is 3.17. The van der Waals surface area contributed by atoms with E-state index in [1.54, 1.807) is 0 Å². The van der Waals surface area contributed by atoms with Gasteiger partial charge in [0.2, 0.25) is 0 Å². The quantitative estimate of drug-likeness (QED) is 0.470. The molecule has 3 heterocycles. The van der Waals surface area contributed by atoms with E-state index in [0.717, 1.165) is 11.0 Å². The number of nitrogens with zero attached hydrogens (tertiary/aromatic N) is 3. The Kier molecular flexibility index (Phi) is 2.45. The molecule has 0 N–H and O–H groups in total. The molecule has 0 amide bonds. The highest BCUT2D eigenvalue weighted by Crippen LogP contribution is 2.46. The first-order valence-electron chi connectivity index (χ1n) is 8.60. The van der Waals surface area contributed by atoms with E-state index in [-0.39, 0.29) is 0 Å². The maximum Gasteiger partial charge on any atom is 0.0995 e. The highest BCUT2D eigenvalue weighted by molar-refractivity contribution is 5.99. The topological polar surface area (TPSA) is 30.2 Å². The standard InChI is InChI=1S/C22H15N3/c1-2-5-16-14(4-1)7-8-15-9-10-18-17-6-3-11-24-21(17)19-12-23-13-25(19)22(18)20(15)16/h1-13,15,20H. The number of benzene rings is 1. The Balaban J connectivity index is 1.79. The minimum absolute atomic E-state index is 0.308. The van der Waals surface area contributed by atoms with E-state index in [9.17, 15) is 0 Å². The molecule has 0 fully saturated rings. The fourth-order valence-electron chi connectivity index (χ4n) is 4.44. The van der Waals surface area contributed by atoms with Crippen LogP contribution in [0, 0.1) is 5.92 Å². The van der Waals surface area contributed by atoms with Crippen LogP contribution in [0.25, 0.3) is 28.6 Å². The van der Waals surface area contributed by atoms with Crippen LogP contribution in [0.3, 0.4) is 0 Å². The van der Waals surface area contributed by atoms with Crippen LogP contribution in [0.5, 0.6) is 0 Å². The van der Waals surface area contributed by atoms with Gasteiger partial charge in [0, 0.05) is 34.7 Å². The molecule has 118 valence electrons. The Labute approximate surface area is 145 Å². The van der Waals surface area contributed by atoms with Gasteiger partial charge in [0.1, 0.15) is 0 Å². The minimum atomic E-state index is 0.308. The Morgan fingerprint density at radius 1 is 0.960 bits per heavy atom. The van der Waals surface area contributed by atoms with Crippen LogP contribution in [0.4, 0.5) is 0 Å². The summed E-state index contributed by atoms with van der Waals surface area (Å²) in [7, 11) is 0. The fourth-order valence-corrected chi connectivity index (χ4v) is 4.44. The highest BCUT2D eigenvalue weighted by atomic mass is 15.0. The van der Waals surface area contributed by atoms with Crippen molar-refractivity contribution in [2.24, 2.45) is 5.92 Å². The van der Waals surface area contributed by atoms with Crippen LogP contribution in [-0.2, 0) is 0 Å². The molecule has 0 aliphatic heterocycles. The van der Waals surface area contributed by atoms with Gasteiger partial charge in [0.05, 0.1) is 23.6 Å². The second-order valence-electron chi connectivity index (χ2n) is 6.75. The SMILES string of the molecule is C1=CC2C=Cc3c(n4cncc4c4ncccc34)C2c2ccccc21. The normalized spacial score (nSPS) is 20.5. The number of pyridine rings is 2. The zero-order chi connectivity index (χ0) is 16.4. The summed E-state index contributed by atoms with van der Waals surface area (Å²) in [5.74, 6) is 0.685. The van der Waals surface area contributed by atoms with Crippen molar-refractivity contribution in [3.63, 3.8) is 0 Å². The molecule has 25 heavy (non-hydrogen) atoms. The maximum absolute atomic E-state index is 4.63. The van der Waals surface area contributed by atoms with Crippen molar-refractivity contribution in [2.45, 2.75) is 5.92 Å². The number of fused-ring (bicyclic) bond motifs is 10. The average molecular weight is 321 g/mol. The first-order valence-corrected chi connectivity index (χ1v) is 8.60. The molecule has 0 saturated carbocycles. The lowest BCUT2D eigenvalue weighted by Crippen LogP contribution is -2.21. The third-order valence-electron chi connectivity index (χ3n) is 5.51. The van der Waals surface area contributed by atoms with Gasteiger partial charge in [0.15, 0.2) is 0 Å². The van der Waals surface area contributed by atoms with Crippen LogP contribution < -0.4 is 0 Å². The molecule has 2 atom stereocenters. The van der Waals surface area contributed by atoms with Gasteiger partial charge in [-0.1, -0.05) is 54.6 Å². The number of rotatable bonds is 0. The van der Waals surface area contributed by atoms with E-state index in [1.807, 2.05) is 24.8 Å². The monoisotopic (exact) mass is 321 g/mol. The summed E-state index contributed by atoms with van der Waals surface area (Å²) >= 11 is 0. The van der Waals surface area contributed by atoms with E-state index in [4.69, 9.17) is 0 Å². The van der Waals surface area contributed by atoms with Gasteiger partial charge in [-0.15, -0.1) is 0 Å². The minimum Gasteiger partial charge on any atom is -0.300 e. The number of aromatic nitrogens is 3. The highest BCUT2D eigenvalue weighted by Gasteiger charge is 2.33. The molecular weight excluding hydrogens is 306 g/mol. The van der Waals surface area contributed by atoms with Crippen molar-refractivity contribution >= 4 is 28.6 Å². The molecule has 3 heteroatoms. The van der Waals surface area contributed by atoms with Crippen molar-refractivity contribution in [1.82, 2.24) is 14.4 Å². The van der Waals surface area contributed by atoms with Crippen LogP contribution in [0.15, 0.2) is 67.3 Å². The largest absolute Gasteiger partial charge is 0.300 e. The molecular formula is C22H15N3. The van der Waals surface area contributed by atoms with Crippen molar-refractivity contribution in [2.75, 3.05) is 0 Å². The molecule has 6 rings (SSSR count). The lowest BCUT2D eigenvalue weighted by Gasteiger charge is -2.33. The van der Waals surface area contributed by atoms with Gasteiger partial charge in [-0.05, 0) is 17.2 Å². The van der Waals surface area contributed by atoms with Gasteiger partial charge in [-0.2, -0.15) is 0 Å². The molecule has 0 saturated heterocycles. The third kappa shape index (κ3) is 1.65. The van der Waals surface area contributed by atoms with E-state index < -0.39 is 0 Å². The number of hydrogen-bond acceptors (Lipinski definition) is 2. The van der Waals surface area contributed by atoms with Gasteiger partial charge in [-0.3, -0.25) is 9.38 Å². The van der Waals surface area contributed by atoms with E-state index in [1.165, 1.54) is 27.8 Å². The number of hydrogen-bond donors (Lipinski definition) is 0. The number of imidazole rings is 1. The molecule has 2 aliphatic rings. The van der Waals surface area contributed by atoms with Crippen LogP contribution in [0.1, 0.15) is 28.3 Å². The van der Waals surface area contributed by atoms with E-state index >= 15 is 0 Å². The predicted octanol–water partition coefficient (Wildman–Crippen LogP) is 4.68. The summed E-state index contributed by atoms with van der Waals surface area (Å²) in [6.45, 7) is 0. The van der Waals surface area contributed by atoms with Gasteiger partial charge in [-0.25, -0.2) is 4.98 Å². The second kappa shape index (κ2) is 4.67. The summed E-state index contributed by atoms with van der Waals surface area (Å²) in [6.07, 6.45) is 14.9. The molecule has 2 unspecified atom stereocenters. The van der Waals surface area contributed by atoms with Crippen LogP contribution in [-0.4, -0.2) is 14.4 Å². The summed E-state index contributed by atoms with van der Waals surface area (Å²) in [5.41, 5.74) is 7.37. The molecule has 0 spiro atoms. The smallest absolute Gasteiger partial charge is 0.0995 e. The van der Waals surface area contributed by atoms with Crippen LogP contribution in [0.2, 0.25) is 0 Å². The second-order valence-corrected chi connectivity index (χ2v) is 6.75. The van der Waals surface area contributed by atoms with E-state index in [2.05, 4.69) is 69.0 Å². The van der Waals surface area contributed by atoms with E-state index in [0.29, 0.717) is 11.8 Å².